The van der Waals surface area contributed by atoms with Crippen LogP contribution in [0, 0.1) is 0 Å². The molecule has 0 aromatic heterocycles. The minimum atomic E-state index is -1.27. The highest BCUT2D eigenvalue weighted by atomic mass is 16.2. The average Bonchev–Trinajstić information content (AvgIpc) is 2.45. The molecule has 0 saturated heterocycles. The number of ketones is 1. The Balaban J connectivity index is 3.17. The van der Waals surface area contributed by atoms with Gasteiger partial charge in [0.1, 0.15) is 0 Å². The Morgan fingerprint density at radius 1 is 1.19 bits per heavy atom. The van der Waals surface area contributed by atoms with Gasteiger partial charge in [-0.3, -0.25) is 19.3 Å². The van der Waals surface area contributed by atoms with Gasteiger partial charge in [0.2, 0.25) is 0 Å². The molecule has 0 aromatic rings. The lowest BCUT2D eigenvalue weighted by Crippen LogP contribution is -2.68. The van der Waals surface area contributed by atoms with Crippen LogP contribution >= 0.6 is 0 Å². The van der Waals surface area contributed by atoms with E-state index >= 15 is 0 Å². The minimum Gasteiger partial charge on any atom is -0.317 e. The van der Waals surface area contributed by atoms with Crippen molar-refractivity contribution in [2.24, 2.45) is 5.73 Å². The third kappa shape index (κ3) is 1.57. The van der Waals surface area contributed by atoms with E-state index in [-0.39, 0.29) is 5.78 Å². The van der Waals surface area contributed by atoms with Crippen LogP contribution in [0.3, 0.4) is 0 Å². The van der Waals surface area contributed by atoms with E-state index in [9.17, 15) is 14.4 Å². The van der Waals surface area contributed by atoms with Gasteiger partial charge >= 0.3 is 0 Å². The summed E-state index contributed by atoms with van der Waals surface area (Å²) in [5.74, 6) is -1.15. The van der Waals surface area contributed by atoms with E-state index < -0.39 is 22.9 Å². The number of rotatable bonds is 3. The summed E-state index contributed by atoms with van der Waals surface area (Å²) >= 11 is 0. The molecule has 0 spiro atoms. The van der Waals surface area contributed by atoms with Crippen LogP contribution in [0.2, 0.25) is 0 Å². The van der Waals surface area contributed by atoms with Gasteiger partial charge in [0, 0.05) is 12.2 Å². The van der Waals surface area contributed by atoms with Crippen molar-refractivity contribution in [1.29, 1.82) is 0 Å². The van der Waals surface area contributed by atoms with Gasteiger partial charge in [-0.15, -0.1) is 0 Å². The standard InChI is InChI=1S/C11H16N2O3/c1-7(14)11(4,12)10(2,3)13-8(15)5-6-9(13)16/h5-6H,12H2,1-4H3. The number of Topliss-reactive ketones (excluding diaryl/α,β-unsaturated/α-hetero) is 1. The molecule has 1 atom stereocenters. The van der Waals surface area contributed by atoms with Gasteiger partial charge in [0.05, 0.1) is 11.1 Å². The molecule has 5 nitrogen and oxygen atoms in total. The Morgan fingerprint density at radius 2 is 1.56 bits per heavy atom. The van der Waals surface area contributed by atoms with E-state index in [2.05, 4.69) is 0 Å². The van der Waals surface area contributed by atoms with Gasteiger partial charge in [-0.2, -0.15) is 0 Å². The number of carbonyl (C=O) groups is 3. The molecule has 0 aromatic carbocycles. The van der Waals surface area contributed by atoms with Crippen molar-refractivity contribution in [1.82, 2.24) is 4.90 Å². The molecular formula is C11H16N2O3. The zero-order valence-electron chi connectivity index (χ0n) is 9.90. The third-order valence-corrected chi connectivity index (χ3v) is 3.37. The molecule has 1 unspecified atom stereocenters. The Morgan fingerprint density at radius 3 is 1.88 bits per heavy atom. The molecule has 2 N–H and O–H groups in total. The second kappa shape index (κ2) is 3.52. The van der Waals surface area contributed by atoms with Crippen LogP contribution in [-0.4, -0.2) is 33.6 Å². The summed E-state index contributed by atoms with van der Waals surface area (Å²) in [6.07, 6.45) is 2.36. The maximum absolute atomic E-state index is 11.6. The molecule has 88 valence electrons. The summed E-state index contributed by atoms with van der Waals surface area (Å²) in [5, 5.41) is 0. The van der Waals surface area contributed by atoms with Crippen LogP contribution in [0.25, 0.3) is 0 Å². The van der Waals surface area contributed by atoms with Crippen LogP contribution in [0.5, 0.6) is 0 Å². The van der Waals surface area contributed by atoms with E-state index in [1.807, 2.05) is 0 Å². The first-order valence-corrected chi connectivity index (χ1v) is 4.98. The zero-order chi connectivity index (χ0) is 12.7. The summed E-state index contributed by atoms with van der Waals surface area (Å²) < 4.78 is 0. The summed E-state index contributed by atoms with van der Waals surface area (Å²) in [6, 6.07) is 0. The van der Waals surface area contributed by atoms with Gasteiger partial charge < -0.3 is 5.73 Å². The van der Waals surface area contributed by atoms with Crippen LogP contribution in [0.1, 0.15) is 27.7 Å². The monoisotopic (exact) mass is 224 g/mol. The van der Waals surface area contributed by atoms with Gasteiger partial charge in [-0.1, -0.05) is 0 Å². The molecule has 0 saturated carbocycles. The second-order valence-corrected chi connectivity index (χ2v) is 4.66. The molecule has 2 amide bonds. The smallest absolute Gasteiger partial charge is 0.254 e. The van der Waals surface area contributed by atoms with Gasteiger partial charge in [0.15, 0.2) is 5.78 Å². The van der Waals surface area contributed by atoms with Crippen LogP contribution in [-0.2, 0) is 14.4 Å². The quantitative estimate of drug-likeness (QED) is 0.684. The predicted molar refractivity (Wildman–Crippen MR) is 58.3 cm³/mol. The normalized spacial score (nSPS) is 20.2. The maximum atomic E-state index is 11.6. The highest BCUT2D eigenvalue weighted by Crippen LogP contribution is 2.29. The van der Waals surface area contributed by atoms with Crippen molar-refractivity contribution in [3.63, 3.8) is 0 Å². The van der Waals surface area contributed by atoms with E-state index in [4.69, 9.17) is 5.73 Å². The molecule has 1 aliphatic rings. The number of hydrogen-bond acceptors (Lipinski definition) is 4. The first kappa shape index (κ1) is 12.6. The topological polar surface area (TPSA) is 80.5 Å². The lowest BCUT2D eigenvalue weighted by atomic mass is 9.77. The molecule has 0 aliphatic carbocycles. The van der Waals surface area contributed by atoms with Crippen LogP contribution in [0.4, 0.5) is 0 Å². The largest absolute Gasteiger partial charge is 0.317 e. The summed E-state index contributed by atoms with van der Waals surface area (Å²) in [7, 11) is 0. The number of imide groups is 1. The van der Waals surface area contributed by atoms with Gasteiger partial charge in [0.25, 0.3) is 11.8 Å². The number of nitrogens with two attached hydrogens (primary N) is 1. The van der Waals surface area contributed by atoms with Crippen molar-refractivity contribution in [2.75, 3.05) is 0 Å². The molecular weight excluding hydrogens is 208 g/mol. The number of amides is 2. The molecule has 0 radical (unpaired) electrons. The maximum Gasteiger partial charge on any atom is 0.254 e. The van der Waals surface area contributed by atoms with Gasteiger partial charge in [-0.05, 0) is 27.7 Å². The van der Waals surface area contributed by atoms with Crippen molar-refractivity contribution < 1.29 is 14.4 Å². The molecule has 5 heteroatoms. The molecule has 1 rings (SSSR count). The first-order chi connectivity index (χ1) is 7.12. The fourth-order valence-electron chi connectivity index (χ4n) is 1.61. The molecule has 1 heterocycles. The molecule has 0 fully saturated rings. The first-order valence-electron chi connectivity index (χ1n) is 4.98. The van der Waals surface area contributed by atoms with E-state index in [1.54, 1.807) is 13.8 Å². The van der Waals surface area contributed by atoms with E-state index in [0.29, 0.717) is 0 Å². The van der Waals surface area contributed by atoms with Crippen molar-refractivity contribution in [3.8, 4) is 0 Å². The lowest BCUT2D eigenvalue weighted by molar-refractivity contribution is -0.147. The van der Waals surface area contributed by atoms with Gasteiger partial charge in [-0.25, -0.2) is 0 Å². The van der Waals surface area contributed by atoms with E-state index in [1.165, 1.54) is 26.0 Å². The SMILES string of the molecule is CC(=O)C(C)(N)C(C)(C)N1C(=O)C=CC1=O. The lowest BCUT2D eigenvalue weighted by Gasteiger charge is -2.44. The Hall–Kier alpha value is -1.49. The number of carbonyl (C=O) groups excluding carboxylic acids is 3. The molecule has 16 heavy (non-hydrogen) atoms. The van der Waals surface area contributed by atoms with Crippen LogP contribution in [0.15, 0.2) is 12.2 Å². The fourth-order valence-corrected chi connectivity index (χ4v) is 1.61. The second-order valence-electron chi connectivity index (χ2n) is 4.66. The Kier molecular flexibility index (Phi) is 2.77. The van der Waals surface area contributed by atoms with Crippen molar-refractivity contribution in [3.05, 3.63) is 12.2 Å². The summed E-state index contributed by atoms with van der Waals surface area (Å²) in [5.41, 5.74) is 3.59. The zero-order valence-corrected chi connectivity index (χ0v) is 9.90. The van der Waals surface area contributed by atoms with Crippen molar-refractivity contribution >= 4 is 17.6 Å². The van der Waals surface area contributed by atoms with Crippen LogP contribution < -0.4 is 5.73 Å². The predicted octanol–water partition coefficient (Wildman–Crippen LogP) is -0.00360. The van der Waals surface area contributed by atoms with Crippen molar-refractivity contribution in [2.45, 2.75) is 38.8 Å². The molecule has 0 bridgehead atoms. The molecule has 1 aliphatic heterocycles. The summed E-state index contributed by atoms with van der Waals surface area (Å²) in [4.78, 5) is 35.6. The average molecular weight is 224 g/mol. The fraction of sp³-hybridized carbons (Fsp3) is 0.545. The summed E-state index contributed by atoms with van der Waals surface area (Å²) in [6.45, 7) is 6.09. The minimum absolute atomic E-state index is 0.273. The van der Waals surface area contributed by atoms with E-state index in [0.717, 1.165) is 4.90 Å². The number of hydrogen-bond donors (Lipinski definition) is 1. The third-order valence-electron chi connectivity index (χ3n) is 3.37. The highest BCUT2D eigenvalue weighted by molar-refractivity contribution is 6.14. The Labute approximate surface area is 94.3 Å². The Bertz CT molecular complexity index is 376. The highest BCUT2D eigenvalue weighted by Gasteiger charge is 2.50. The number of nitrogens with zero attached hydrogens (tertiary/aromatic N) is 1.